The fourth-order valence-corrected chi connectivity index (χ4v) is 3.22. The highest BCUT2D eigenvalue weighted by Crippen LogP contribution is 2.17. The number of nitrogens with one attached hydrogen (secondary N) is 1. The van der Waals surface area contributed by atoms with Gasteiger partial charge in [0.25, 0.3) is 0 Å². The molecule has 0 spiro atoms. The predicted molar refractivity (Wildman–Crippen MR) is 97.0 cm³/mol. The maximum atomic E-state index is 11.5. The largest absolute Gasteiger partial charge is 0.379 e. The smallest absolute Gasteiger partial charge is 0.219 e. The SMILES string of the molecule is CC(=O)N1CCN(c2cc(NCCN3CCOCC3)nc(C)n2)CC1. The van der Waals surface area contributed by atoms with E-state index in [1.807, 2.05) is 17.9 Å². The maximum Gasteiger partial charge on any atom is 0.219 e. The monoisotopic (exact) mass is 348 g/mol. The van der Waals surface area contributed by atoms with Gasteiger partial charge in [0.1, 0.15) is 17.5 Å². The van der Waals surface area contributed by atoms with Gasteiger partial charge in [-0.3, -0.25) is 9.69 Å². The molecule has 0 saturated carbocycles. The summed E-state index contributed by atoms with van der Waals surface area (Å²) in [5, 5.41) is 3.41. The molecule has 0 bridgehead atoms. The fourth-order valence-electron chi connectivity index (χ4n) is 3.22. The lowest BCUT2D eigenvalue weighted by atomic mass is 10.3. The van der Waals surface area contributed by atoms with Crippen LogP contribution in [0, 0.1) is 6.92 Å². The van der Waals surface area contributed by atoms with E-state index in [2.05, 4.69) is 25.1 Å². The third-order valence-corrected chi connectivity index (χ3v) is 4.71. The average molecular weight is 348 g/mol. The number of rotatable bonds is 5. The summed E-state index contributed by atoms with van der Waals surface area (Å²) in [6, 6.07) is 2.01. The van der Waals surface area contributed by atoms with Crippen molar-refractivity contribution in [1.29, 1.82) is 0 Å². The number of aryl methyl sites for hydroxylation is 1. The van der Waals surface area contributed by atoms with E-state index in [1.54, 1.807) is 6.92 Å². The number of aromatic nitrogens is 2. The summed E-state index contributed by atoms with van der Waals surface area (Å²) >= 11 is 0. The van der Waals surface area contributed by atoms with E-state index in [-0.39, 0.29) is 5.91 Å². The summed E-state index contributed by atoms with van der Waals surface area (Å²) in [6.07, 6.45) is 0. The Kier molecular flexibility index (Phi) is 6.04. The maximum absolute atomic E-state index is 11.5. The first-order valence-corrected chi connectivity index (χ1v) is 9.02. The van der Waals surface area contributed by atoms with Gasteiger partial charge in [0.2, 0.25) is 5.91 Å². The van der Waals surface area contributed by atoms with Crippen LogP contribution >= 0.6 is 0 Å². The molecule has 0 atom stereocenters. The van der Waals surface area contributed by atoms with Gasteiger partial charge < -0.3 is 19.9 Å². The molecule has 0 aromatic carbocycles. The van der Waals surface area contributed by atoms with E-state index in [0.29, 0.717) is 0 Å². The molecular formula is C17H28N6O2. The van der Waals surface area contributed by atoms with Crippen LogP contribution in [-0.2, 0) is 9.53 Å². The van der Waals surface area contributed by atoms with Crippen molar-refractivity contribution in [2.24, 2.45) is 0 Å². The second kappa shape index (κ2) is 8.44. The van der Waals surface area contributed by atoms with E-state index in [4.69, 9.17) is 4.74 Å². The highest BCUT2D eigenvalue weighted by atomic mass is 16.5. The predicted octanol–water partition coefficient (Wildman–Crippen LogP) is 0.198. The van der Waals surface area contributed by atoms with E-state index in [9.17, 15) is 4.79 Å². The van der Waals surface area contributed by atoms with Crippen LogP contribution in [0.2, 0.25) is 0 Å². The molecule has 1 aromatic heterocycles. The first-order chi connectivity index (χ1) is 12.1. The van der Waals surface area contributed by atoms with E-state index < -0.39 is 0 Å². The minimum absolute atomic E-state index is 0.143. The van der Waals surface area contributed by atoms with Gasteiger partial charge in [0, 0.05) is 65.3 Å². The third kappa shape index (κ3) is 5.02. The van der Waals surface area contributed by atoms with Crippen molar-refractivity contribution in [2.75, 3.05) is 75.8 Å². The molecular weight excluding hydrogens is 320 g/mol. The average Bonchev–Trinajstić information content (AvgIpc) is 2.62. The number of hydrogen-bond donors (Lipinski definition) is 1. The summed E-state index contributed by atoms with van der Waals surface area (Å²) in [5.74, 6) is 2.71. The van der Waals surface area contributed by atoms with Gasteiger partial charge in [-0.1, -0.05) is 0 Å². The molecule has 1 N–H and O–H groups in total. The number of carbonyl (C=O) groups excluding carboxylic acids is 1. The number of ether oxygens (including phenoxy) is 1. The number of nitrogens with zero attached hydrogens (tertiary/aromatic N) is 5. The molecule has 138 valence electrons. The van der Waals surface area contributed by atoms with Crippen molar-refractivity contribution in [3.63, 3.8) is 0 Å². The standard InChI is InChI=1S/C17H28N6O2/c1-14-19-16(18-3-4-21-9-11-25-12-10-21)13-17(20-14)23-7-5-22(6-8-23)15(2)24/h13H,3-12H2,1-2H3,(H,18,19,20). The summed E-state index contributed by atoms with van der Waals surface area (Å²) < 4.78 is 5.37. The second-order valence-electron chi connectivity index (χ2n) is 6.53. The Balaban J connectivity index is 1.54. The number of carbonyl (C=O) groups is 1. The Hall–Kier alpha value is -1.93. The quantitative estimate of drug-likeness (QED) is 0.815. The minimum atomic E-state index is 0.143. The zero-order valence-electron chi connectivity index (χ0n) is 15.2. The molecule has 2 fully saturated rings. The van der Waals surface area contributed by atoms with Gasteiger partial charge >= 0.3 is 0 Å². The van der Waals surface area contributed by atoms with Crippen molar-refractivity contribution < 1.29 is 9.53 Å². The molecule has 8 nitrogen and oxygen atoms in total. The molecule has 25 heavy (non-hydrogen) atoms. The van der Waals surface area contributed by atoms with Crippen LogP contribution in [0.1, 0.15) is 12.7 Å². The molecule has 8 heteroatoms. The molecule has 2 aliphatic rings. The zero-order valence-corrected chi connectivity index (χ0v) is 15.2. The Morgan fingerprint density at radius 1 is 1.16 bits per heavy atom. The van der Waals surface area contributed by atoms with Gasteiger partial charge in [0.05, 0.1) is 13.2 Å². The van der Waals surface area contributed by atoms with E-state index >= 15 is 0 Å². The Bertz CT molecular complexity index is 583. The Labute approximate surface area is 149 Å². The zero-order chi connectivity index (χ0) is 17.6. The van der Waals surface area contributed by atoms with Crippen molar-refractivity contribution in [2.45, 2.75) is 13.8 Å². The topological polar surface area (TPSA) is 73.8 Å². The number of morpholine rings is 1. The first kappa shape index (κ1) is 17.9. The normalized spacial score (nSPS) is 19.1. The molecule has 2 aliphatic heterocycles. The van der Waals surface area contributed by atoms with Gasteiger partial charge in [-0.25, -0.2) is 9.97 Å². The van der Waals surface area contributed by atoms with Crippen LogP contribution in [0.5, 0.6) is 0 Å². The van der Waals surface area contributed by atoms with Gasteiger partial charge in [-0.05, 0) is 6.92 Å². The van der Waals surface area contributed by atoms with Crippen molar-refractivity contribution in [3.05, 3.63) is 11.9 Å². The number of amides is 1. The first-order valence-electron chi connectivity index (χ1n) is 9.02. The number of piperazine rings is 1. The molecule has 1 aromatic rings. The summed E-state index contributed by atoms with van der Waals surface area (Å²) in [6.45, 7) is 12.1. The summed E-state index contributed by atoms with van der Waals surface area (Å²) in [4.78, 5) is 27.0. The van der Waals surface area contributed by atoms with E-state index in [1.165, 1.54) is 0 Å². The molecule has 0 unspecified atom stereocenters. The lowest BCUT2D eigenvalue weighted by molar-refractivity contribution is -0.129. The van der Waals surface area contributed by atoms with Gasteiger partial charge in [-0.2, -0.15) is 0 Å². The van der Waals surface area contributed by atoms with Gasteiger partial charge in [-0.15, -0.1) is 0 Å². The Morgan fingerprint density at radius 2 is 1.88 bits per heavy atom. The highest BCUT2D eigenvalue weighted by molar-refractivity contribution is 5.73. The molecule has 0 radical (unpaired) electrons. The minimum Gasteiger partial charge on any atom is -0.379 e. The van der Waals surface area contributed by atoms with Crippen molar-refractivity contribution in [1.82, 2.24) is 19.8 Å². The fraction of sp³-hybridized carbons (Fsp3) is 0.706. The van der Waals surface area contributed by atoms with Crippen LogP contribution in [0.15, 0.2) is 6.07 Å². The van der Waals surface area contributed by atoms with Crippen molar-refractivity contribution in [3.8, 4) is 0 Å². The number of anilines is 2. The molecule has 0 aliphatic carbocycles. The Morgan fingerprint density at radius 3 is 2.56 bits per heavy atom. The van der Waals surface area contributed by atoms with Crippen LogP contribution < -0.4 is 10.2 Å². The molecule has 2 saturated heterocycles. The summed E-state index contributed by atoms with van der Waals surface area (Å²) in [5.41, 5.74) is 0. The molecule has 3 rings (SSSR count). The molecule has 1 amide bonds. The second-order valence-corrected chi connectivity index (χ2v) is 6.53. The van der Waals surface area contributed by atoms with Gasteiger partial charge in [0.15, 0.2) is 0 Å². The van der Waals surface area contributed by atoms with Crippen LogP contribution in [0.4, 0.5) is 11.6 Å². The highest BCUT2D eigenvalue weighted by Gasteiger charge is 2.20. The lowest BCUT2D eigenvalue weighted by Crippen LogP contribution is -2.48. The lowest BCUT2D eigenvalue weighted by Gasteiger charge is -2.35. The molecule has 3 heterocycles. The van der Waals surface area contributed by atoms with E-state index in [0.717, 1.165) is 83.0 Å². The summed E-state index contributed by atoms with van der Waals surface area (Å²) in [7, 11) is 0. The van der Waals surface area contributed by atoms with Crippen LogP contribution in [0.25, 0.3) is 0 Å². The third-order valence-electron chi connectivity index (χ3n) is 4.71. The van der Waals surface area contributed by atoms with Crippen LogP contribution in [0.3, 0.4) is 0 Å². The van der Waals surface area contributed by atoms with Crippen molar-refractivity contribution >= 4 is 17.5 Å². The number of hydrogen-bond acceptors (Lipinski definition) is 7. The van der Waals surface area contributed by atoms with Crippen LogP contribution in [-0.4, -0.2) is 91.2 Å².